The first-order valence-corrected chi connectivity index (χ1v) is 7.60. The fourth-order valence-electron chi connectivity index (χ4n) is 2.42. The lowest BCUT2D eigenvalue weighted by molar-refractivity contribution is -0.127. The molecule has 5 nitrogen and oxygen atoms in total. The van der Waals surface area contributed by atoms with Gasteiger partial charge >= 0.3 is 6.09 Å². The summed E-state index contributed by atoms with van der Waals surface area (Å²) >= 11 is 6.14. The molecule has 0 bridgehead atoms. The zero-order valence-electron chi connectivity index (χ0n) is 12.5. The second kappa shape index (κ2) is 7.31. The molecule has 0 spiro atoms. The standard InChI is InChI=1S/C16H19ClN2O3/c1-2-18(10-12-6-3-4-8-14(12)17)15(20)13-7-5-9-19(11-13)16(21)22/h3-4,6-8H,2,5,9-11H2,1H3,(H,21,22). The zero-order chi connectivity index (χ0) is 16.1. The van der Waals surface area contributed by atoms with Crippen LogP contribution in [-0.2, 0) is 11.3 Å². The Labute approximate surface area is 134 Å². The average Bonchev–Trinajstić information content (AvgIpc) is 2.53. The monoisotopic (exact) mass is 322 g/mol. The number of carboxylic acid groups (broad SMARTS) is 1. The van der Waals surface area contributed by atoms with Gasteiger partial charge in [-0.05, 0) is 25.0 Å². The van der Waals surface area contributed by atoms with Crippen molar-refractivity contribution < 1.29 is 14.7 Å². The van der Waals surface area contributed by atoms with Crippen molar-refractivity contribution in [1.29, 1.82) is 0 Å². The van der Waals surface area contributed by atoms with Gasteiger partial charge in [-0.1, -0.05) is 35.9 Å². The molecule has 22 heavy (non-hydrogen) atoms. The molecule has 0 saturated carbocycles. The fourth-order valence-corrected chi connectivity index (χ4v) is 2.62. The van der Waals surface area contributed by atoms with E-state index in [1.807, 2.05) is 31.2 Å². The minimum absolute atomic E-state index is 0.131. The van der Waals surface area contributed by atoms with E-state index in [4.69, 9.17) is 16.7 Å². The van der Waals surface area contributed by atoms with Crippen molar-refractivity contribution in [3.63, 3.8) is 0 Å². The summed E-state index contributed by atoms with van der Waals surface area (Å²) in [6.45, 7) is 3.43. The first kappa shape index (κ1) is 16.4. The molecule has 0 radical (unpaired) electrons. The van der Waals surface area contributed by atoms with Gasteiger partial charge in [-0.15, -0.1) is 0 Å². The highest BCUT2D eigenvalue weighted by Crippen LogP contribution is 2.19. The quantitative estimate of drug-likeness (QED) is 0.927. The van der Waals surface area contributed by atoms with E-state index < -0.39 is 6.09 Å². The summed E-state index contributed by atoms with van der Waals surface area (Å²) in [5.41, 5.74) is 1.41. The SMILES string of the molecule is CCN(Cc1ccccc1Cl)C(=O)C1=CCCN(C(=O)O)C1. The molecule has 0 aliphatic carbocycles. The molecule has 0 fully saturated rings. The number of benzene rings is 1. The van der Waals surface area contributed by atoms with Gasteiger partial charge in [0.2, 0.25) is 0 Å². The number of halogens is 1. The Bertz CT molecular complexity index is 601. The Morgan fingerprint density at radius 2 is 2.09 bits per heavy atom. The molecule has 1 aliphatic heterocycles. The number of carbonyl (C=O) groups is 2. The van der Waals surface area contributed by atoms with Crippen LogP contribution in [0.3, 0.4) is 0 Å². The number of likely N-dealkylation sites (N-methyl/N-ethyl adjacent to an activating group) is 1. The van der Waals surface area contributed by atoms with Gasteiger partial charge in [-0.2, -0.15) is 0 Å². The van der Waals surface area contributed by atoms with Crippen LogP contribution in [0.25, 0.3) is 0 Å². The maximum absolute atomic E-state index is 12.6. The molecule has 1 aromatic carbocycles. The van der Waals surface area contributed by atoms with Crippen molar-refractivity contribution in [1.82, 2.24) is 9.80 Å². The van der Waals surface area contributed by atoms with E-state index in [2.05, 4.69) is 0 Å². The first-order valence-electron chi connectivity index (χ1n) is 7.22. The highest BCUT2D eigenvalue weighted by atomic mass is 35.5. The van der Waals surface area contributed by atoms with Crippen LogP contribution < -0.4 is 0 Å². The molecule has 1 aliphatic rings. The topological polar surface area (TPSA) is 60.9 Å². The van der Waals surface area contributed by atoms with Crippen molar-refractivity contribution in [2.45, 2.75) is 19.9 Å². The summed E-state index contributed by atoms with van der Waals surface area (Å²) in [5, 5.41) is 9.69. The van der Waals surface area contributed by atoms with Crippen LogP contribution in [0.4, 0.5) is 4.79 Å². The second-order valence-electron chi connectivity index (χ2n) is 5.13. The Kier molecular flexibility index (Phi) is 5.44. The molecule has 0 aromatic heterocycles. The van der Waals surface area contributed by atoms with E-state index >= 15 is 0 Å². The number of carbonyl (C=O) groups excluding carboxylic acids is 1. The molecule has 0 atom stereocenters. The van der Waals surface area contributed by atoms with Gasteiger partial charge in [0.05, 0.1) is 6.54 Å². The van der Waals surface area contributed by atoms with Crippen molar-refractivity contribution in [2.75, 3.05) is 19.6 Å². The van der Waals surface area contributed by atoms with Gasteiger partial charge in [0.1, 0.15) is 0 Å². The van der Waals surface area contributed by atoms with Crippen LogP contribution in [-0.4, -0.2) is 46.5 Å². The van der Waals surface area contributed by atoms with Crippen molar-refractivity contribution >= 4 is 23.6 Å². The zero-order valence-corrected chi connectivity index (χ0v) is 13.2. The van der Waals surface area contributed by atoms with E-state index in [1.54, 1.807) is 11.0 Å². The van der Waals surface area contributed by atoms with E-state index in [1.165, 1.54) is 4.90 Å². The Morgan fingerprint density at radius 1 is 1.36 bits per heavy atom. The number of hydrogen-bond acceptors (Lipinski definition) is 2. The van der Waals surface area contributed by atoms with Crippen molar-refractivity contribution in [3.05, 3.63) is 46.5 Å². The molecule has 2 rings (SSSR count). The third-order valence-electron chi connectivity index (χ3n) is 3.68. The number of nitrogens with zero attached hydrogens (tertiary/aromatic N) is 2. The van der Waals surface area contributed by atoms with E-state index in [0.29, 0.717) is 36.7 Å². The van der Waals surface area contributed by atoms with Crippen LogP contribution in [0, 0.1) is 0 Å². The molecule has 6 heteroatoms. The summed E-state index contributed by atoms with van der Waals surface area (Å²) in [5.74, 6) is -0.131. The van der Waals surface area contributed by atoms with Crippen LogP contribution >= 0.6 is 11.6 Å². The van der Waals surface area contributed by atoms with E-state index in [-0.39, 0.29) is 12.5 Å². The summed E-state index contributed by atoms with van der Waals surface area (Å²) in [7, 11) is 0. The largest absolute Gasteiger partial charge is 0.465 e. The Hall–Kier alpha value is -2.01. The van der Waals surface area contributed by atoms with E-state index in [9.17, 15) is 9.59 Å². The third-order valence-corrected chi connectivity index (χ3v) is 4.05. The van der Waals surface area contributed by atoms with Crippen LogP contribution in [0.15, 0.2) is 35.9 Å². The molecule has 2 amide bonds. The molecule has 1 aromatic rings. The van der Waals surface area contributed by atoms with Crippen molar-refractivity contribution in [2.24, 2.45) is 0 Å². The van der Waals surface area contributed by atoms with Gasteiger partial charge in [0, 0.05) is 30.2 Å². The summed E-state index contributed by atoms with van der Waals surface area (Å²) in [6, 6.07) is 7.40. The average molecular weight is 323 g/mol. The lowest BCUT2D eigenvalue weighted by atomic mass is 10.1. The summed E-state index contributed by atoms with van der Waals surface area (Å²) in [4.78, 5) is 26.6. The highest BCUT2D eigenvalue weighted by Gasteiger charge is 2.24. The van der Waals surface area contributed by atoms with Gasteiger partial charge in [-0.3, -0.25) is 4.79 Å². The number of hydrogen-bond donors (Lipinski definition) is 1. The second-order valence-corrected chi connectivity index (χ2v) is 5.54. The molecule has 1 N–H and O–H groups in total. The van der Waals surface area contributed by atoms with Crippen LogP contribution in [0.5, 0.6) is 0 Å². The van der Waals surface area contributed by atoms with Gasteiger partial charge in [0.25, 0.3) is 5.91 Å². The van der Waals surface area contributed by atoms with Gasteiger partial charge < -0.3 is 14.9 Å². The number of amides is 2. The molecule has 1 heterocycles. The summed E-state index contributed by atoms with van der Waals surface area (Å²) < 4.78 is 0. The normalized spacial score (nSPS) is 14.5. The molecule has 118 valence electrons. The maximum atomic E-state index is 12.6. The third kappa shape index (κ3) is 3.80. The molecule has 0 saturated heterocycles. The van der Waals surface area contributed by atoms with E-state index in [0.717, 1.165) is 5.56 Å². The predicted molar refractivity (Wildman–Crippen MR) is 84.8 cm³/mol. The smallest absolute Gasteiger partial charge is 0.407 e. The molecular formula is C16H19ClN2O3. The minimum atomic E-state index is -0.993. The summed E-state index contributed by atoms with van der Waals surface area (Å²) in [6.07, 6.45) is 1.40. The highest BCUT2D eigenvalue weighted by molar-refractivity contribution is 6.31. The Balaban J connectivity index is 2.11. The van der Waals surface area contributed by atoms with Crippen molar-refractivity contribution in [3.8, 4) is 0 Å². The lowest BCUT2D eigenvalue weighted by Gasteiger charge is -2.28. The van der Waals surface area contributed by atoms with Gasteiger partial charge in [-0.25, -0.2) is 4.79 Å². The Morgan fingerprint density at radius 3 is 2.73 bits per heavy atom. The van der Waals surface area contributed by atoms with Crippen LogP contribution in [0.2, 0.25) is 5.02 Å². The maximum Gasteiger partial charge on any atom is 0.407 e. The molecule has 0 unspecified atom stereocenters. The fraction of sp³-hybridized carbons (Fsp3) is 0.375. The molecular weight excluding hydrogens is 304 g/mol. The lowest BCUT2D eigenvalue weighted by Crippen LogP contribution is -2.40. The minimum Gasteiger partial charge on any atom is -0.465 e. The van der Waals surface area contributed by atoms with Gasteiger partial charge in [0.15, 0.2) is 0 Å². The van der Waals surface area contributed by atoms with Crippen LogP contribution in [0.1, 0.15) is 18.9 Å². The first-order chi connectivity index (χ1) is 10.5. The predicted octanol–water partition coefficient (Wildman–Crippen LogP) is 3.00. The number of rotatable bonds is 4.